The molecule has 1 aromatic heterocycles. The van der Waals surface area contributed by atoms with Gasteiger partial charge in [-0.2, -0.15) is 0 Å². The number of aryl methyl sites for hydroxylation is 2. The minimum Gasteiger partial charge on any atom is -0.312 e. The summed E-state index contributed by atoms with van der Waals surface area (Å²) in [4.78, 5) is 6.25. The summed E-state index contributed by atoms with van der Waals surface area (Å²) >= 11 is 1.87. The molecule has 0 unspecified atom stereocenters. The van der Waals surface area contributed by atoms with Crippen molar-refractivity contribution in [1.29, 1.82) is 0 Å². The van der Waals surface area contributed by atoms with E-state index < -0.39 is 0 Å². The highest BCUT2D eigenvalue weighted by atomic mass is 32.1. The molecule has 0 aliphatic heterocycles. The van der Waals surface area contributed by atoms with E-state index in [0.717, 1.165) is 25.9 Å². The highest BCUT2D eigenvalue weighted by molar-refractivity contribution is 7.11. The molecule has 0 saturated heterocycles. The third-order valence-electron chi connectivity index (χ3n) is 3.60. The first-order valence-electron chi connectivity index (χ1n) is 7.82. The third-order valence-corrected chi connectivity index (χ3v) is 4.70. The van der Waals surface area contributed by atoms with Crippen LogP contribution >= 0.6 is 11.3 Å². The Bertz CT molecular complexity index is 572. The molecule has 1 heterocycles. The number of nitrogens with zero attached hydrogens (tertiary/aromatic N) is 1. The Morgan fingerprint density at radius 2 is 2.00 bits per heavy atom. The highest BCUT2D eigenvalue weighted by Crippen LogP contribution is 2.23. The zero-order chi connectivity index (χ0) is 15.2. The molecule has 2 nitrogen and oxygen atoms in total. The van der Waals surface area contributed by atoms with Crippen LogP contribution in [0.1, 0.15) is 47.5 Å². The lowest BCUT2D eigenvalue weighted by Gasteiger charge is -2.06. The van der Waals surface area contributed by atoms with Gasteiger partial charge in [0.15, 0.2) is 0 Å². The van der Waals surface area contributed by atoms with Crippen molar-refractivity contribution in [3.05, 3.63) is 51.0 Å². The Hall–Kier alpha value is -1.19. The van der Waals surface area contributed by atoms with E-state index in [-0.39, 0.29) is 0 Å². The number of aromatic nitrogens is 1. The standard InChI is InChI=1S/C18H26N2S/c1-5-16-17(12-19-11-13(2)3)21-18(20-16)10-15-9-7-6-8-14(15)4/h6-9,13,19H,5,10-12H2,1-4H3. The van der Waals surface area contributed by atoms with Gasteiger partial charge in [0.1, 0.15) is 0 Å². The van der Waals surface area contributed by atoms with Crippen molar-refractivity contribution in [2.75, 3.05) is 6.54 Å². The molecule has 0 fully saturated rings. The van der Waals surface area contributed by atoms with Crippen LogP contribution in [0, 0.1) is 12.8 Å². The molecule has 2 aromatic rings. The first-order chi connectivity index (χ1) is 10.1. The fourth-order valence-electron chi connectivity index (χ4n) is 2.37. The van der Waals surface area contributed by atoms with E-state index in [1.807, 2.05) is 11.3 Å². The van der Waals surface area contributed by atoms with Gasteiger partial charge in [0.2, 0.25) is 0 Å². The molecule has 0 aliphatic carbocycles. The topological polar surface area (TPSA) is 24.9 Å². The summed E-state index contributed by atoms with van der Waals surface area (Å²) in [6.07, 6.45) is 1.97. The van der Waals surface area contributed by atoms with E-state index in [0.29, 0.717) is 5.92 Å². The van der Waals surface area contributed by atoms with E-state index >= 15 is 0 Å². The van der Waals surface area contributed by atoms with Gasteiger partial charge in [-0.15, -0.1) is 11.3 Å². The monoisotopic (exact) mass is 302 g/mol. The second-order valence-corrected chi connectivity index (χ2v) is 7.13. The third kappa shape index (κ3) is 4.65. The van der Waals surface area contributed by atoms with Gasteiger partial charge >= 0.3 is 0 Å². The fraction of sp³-hybridized carbons (Fsp3) is 0.500. The average Bonchev–Trinajstić information content (AvgIpc) is 2.83. The second kappa shape index (κ2) is 7.71. The van der Waals surface area contributed by atoms with Crippen molar-refractivity contribution in [3.63, 3.8) is 0 Å². The number of thiazole rings is 1. The Balaban J connectivity index is 2.07. The SMILES string of the molecule is CCc1nc(Cc2ccccc2C)sc1CNCC(C)C. The minimum absolute atomic E-state index is 0.689. The van der Waals surface area contributed by atoms with Crippen LogP contribution in [0.25, 0.3) is 0 Å². The van der Waals surface area contributed by atoms with E-state index in [2.05, 4.69) is 57.3 Å². The summed E-state index contributed by atoms with van der Waals surface area (Å²) in [5, 5.41) is 4.77. The first-order valence-corrected chi connectivity index (χ1v) is 8.64. The van der Waals surface area contributed by atoms with E-state index in [1.54, 1.807) is 0 Å². The average molecular weight is 302 g/mol. The minimum atomic E-state index is 0.689. The lowest BCUT2D eigenvalue weighted by Crippen LogP contribution is -2.18. The normalized spacial score (nSPS) is 11.3. The number of nitrogens with one attached hydrogen (secondary N) is 1. The van der Waals surface area contributed by atoms with Gasteiger partial charge in [-0.1, -0.05) is 45.0 Å². The summed E-state index contributed by atoms with van der Waals surface area (Å²) in [6, 6.07) is 8.59. The van der Waals surface area contributed by atoms with Crippen LogP contribution in [0.15, 0.2) is 24.3 Å². The van der Waals surface area contributed by atoms with Gasteiger partial charge in [-0.25, -0.2) is 4.98 Å². The maximum Gasteiger partial charge on any atom is 0.0975 e. The molecule has 0 atom stereocenters. The Kier molecular flexibility index (Phi) is 5.95. The van der Waals surface area contributed by atoms with Gasteiger partial charge in [0, 0.05) is 17.8 Å². The summed E-state index contributed by atoms with van der Waals surface area (Å²) in [6.45, 7) is 10.9. The van der Waals surface area contributed by atoms with Gasteiger partial charge in [0.05, 0.1) is 10.7 Å². The van der Waals surface area contributed by atoms with Gasteiger partial charge in [-0.05, 0) is 36.9 Å². The largest absolute Gasteiger partial charge is 0.312 e. The predicted octanol–water partition coefficient (Wildman–Crippen LogP) is 4.35. The number of benzene rings is 1. The molecule has 2 rings (SSSR count). The van der Waals surface area contributed by atoms with Crippen molar-refractivity contribution >= 4 is 11.3 Å². The lowest BCUT2D eigenvalue weighted by atomic mass is 10.1. The molecule has 0 amide bonds. The summed E-state index contributed by atoms with van der Waals surface area (Å²) in [5.74, 6) is 0.689. The van der Waals surface area contributed by atoms with Crippen LogP contribution in [0.3, 0.4) is 0 Å². The molecular weight excluding hydrogens is 276 g/mol. The molecule has 3 heteroatoms. The number of hydrogen-bond acceptors (Lipinski definition) is 3. The van der Waals surface area contributed by atoms with Crippen LogP contribution in [0.5, 0.6) is 0 Å². The lowest BCUT2D eigenvalue weighted by molar-refractivity contribution is 0.553. The molecule has 114 valence electrons. The summed E-state index contributed by atoms with van der Waals surface area (Å²) in [5.41, 5.74) is 4.00. The zero-order valence-corrected chi connectivity index (χ0v) is 14.4. The van der Waals surface area contributed by atoms with E-state index in [1.165, 1.54) is 26.7 Å². The molecule has 1 N–H and O–H groups in total. The van der Waals surface area contributed by atoms with Crippen LogP contribution in [-0.4, -0.2) is 11.5 Å². The second-order valence-electron chi connectivity index (χ2n) is 5.96. The molecule has 0 spiro atoms. The van der Waals surface area contributed by atoms with Crippen LogP contribution in [0.4, 0.5) is 0 Å². The van der Waals surface area contributed by atoms with Crippen molar-refractivity contribution < 1.29 is 0 Å². The summed E-state index contributed by atoms with van der Waals surface area (Å²) < 4.78 is 0. The molecule has 0 saturated carbocycles. The maximum absolute atomic E-state index is 4.84. The van der Waals surface area contributed by atoms with Crippen molar-refractivity contribution in [3.8, 4) is 0 Å². The Morgan fingerprint density at radius 3 is 2.67 bits per heavy atom. The number of hydrogen-bond donors (Lipinski definition) is 1. The smallest absolute Gasteiger partial charge is 0.0975 e. The quantitative estimate of drug-likeness (QED) is 0.822. The Labute approximate surface area is 132 Å². The van der Waals surface area contributed by atoms with Crippen molar-refractivity contribution in [1.82, 2.24) is 10.3 Å². The van der Waals surface area contributed by atoms with E-state index in [9.17, 15) is 0 Å². The summed E-state index contributed by atoms with van der Waals surface area (Å²) in [7, 11) is 0. The van der Waals surface area contributed by atoms with Gasteiger partial charge in [0.25, 0.3) is 0 Å². The van der Waals surface area contributed by atoms with E-state index in [4.69, 9.17) is 4.98 Å². The van der Waals surface area contributed by atoms with Crippen LogP contribution < -0.4 is 5.32 Å². The van der Waals surface area contributed by atoms with Gasteiger partial charge < -0.3 is 5.32 Å². The molecule has 1 aromatic carbocycles. The van der Waals surface area contributed by atoms with Gasteiger partial charge in [-0.3, -0.25) is 0 Å². The maximum atomic E-state index is 4.84. The molecular formula is C18H26N2S. The molecule has 21 heavy (non-hydrogen) atoms. The van der Waals surface area contributed by atoms with Crippen LogP contribution in [-0.2, 0) is 19.4 Å². The van der Waals surface area contributed by atoms with Crippen molar-refractivity contribution in [2.45, 2.75) is 47.1 Å². The number of rotatable bonds is 7. The van der Waals surface area contributed by atoms with Crippen molar-refractivity contribution in [2.24, 2.45) is 5.92 Å². The molecule has 0 bridgehead atoms. The molecule has 0 aliphatic rings. The Morgan fingerprint density at radius 1 is 1.24 bits per heavy atom. The fourth-order valence-corrected chi connectivity index (χ4v) is 3.52. The predicted molar refractivity (Wildman–Crippen MR) is 92.0 cm³/mol. The highest BCUT2D eigenvalue weighted by Gasteiger charge is 2.11. The zero-order valence-electron chi connectivity index (χ0n) is 13.6. The molecule has 0 radical (unpaired) electrons. The van der Waals surface area contributed by atoms with Crippen LogP contribution in [0.2, 0.25) is 0 Å². The first kappa shape index (κ1) is 16.2.